The van der Waals surface area contributed by atoms with Gasteiger partial charge in [0, 0.05) is 23.6 Å². The van der Waals surface area contributed by atoms with E-state index >= 15 is 0 Å². The number of aryl methyl sites for hydroxylation is 2. The van der Waals surface area contributed by atoms with Crippen molar-refractivity contribution in [2.75, 3.05) is 5.32 Å². The van der Waals surface area contributed by atoms with E-state index in [0.717, 1.165) is 56.2 Å². The molecule has 0 saturated carbocycles. The van der Waals surface area contributed by atoms with E-state index in [2.05, 4.69) is 10.4 Å². The number of nitrogens with zero attached hydrogens (tertiary/aromatic N) is 3. The van der Waals surface area contributed by atoms with E-state index in [1.54, 1.807) is 10.9 Å². The van der Waals surface area contributed by atoms with Crippen molar-refractivity contribution in [2.45, 2.75) is 63.4 Å². The molecular weight excluding hydrogens is 384 g/mol. The van der Waals surface area contributed by atoms with Gasteiger partial charge in [0.15, 0.2) is 5.03 Å². The van der Waals surface area contributed by atoms with Crippen LogP contribution >= 0.6 is 23.5 Å². The highest BCUT2D eigenvalue weighted by molar-refractivity contribution is 7.97. The van der Waals surface area contributed by atoms with Crippen molar-refractivity contribution in [3.63, 3.8) is 0 Å². The monoisotopic (exact) mass is 408 g/mol. The van der Waals surface area contributed by atoms with E-state index in [9.17, 15) is 4.79 Å². The average Bonchev–Trinajstić information content (AvgIpc) is 3.33. The van der Waals surface area contributed by atoms with Crippen LogP contribution in [0, 0.1) is 0 Å². The Morgan fingerprint density at radius 3 is 2.22 bits per heavy atom. The zero-order chi connectivity index (χ0) is 19.6. The first-order valence-electron chi connectivity index (χ1n) is 9.12. The van der Waals surface area contributed by atoms with Gasteiger partial charge in [-0.15, -0.1) is 0 Å². The highest BCUT2D eigenvalue weighted by atomic mass is 35.5. The maximum atomic E-state index is 11.1. The fourth-order valence-corrected chi connectivity index (χ4v) is 4.14. The predicted octanol–water partition coefficient (Wildman–Crippen LogP) is 3.63. The van der Waals surface area contributed by atoms with Crippen LogP contribution < -0.4 is 16.2 Å². The fraction of sp³-hybridized carbons (Fsp3) is 0.500. The molecule has 146 valence electrons. The quantitative estimate of drug-likeness (QED) is 0.671. The Bertz CT molecular complexity index is 819. The third-order valence-corrected chi connectivity index (χ3v) is 5.71. The second-order valence-corrected chi connectivity index (χ2v) is 8.04. The molecule has 0 spiro atoms. The number of halogens is 1. The predicted molar refractivity (Wildman–Crippen MR) is 109 cm³/mol. The Kier molecular flexibility index (Phi) is 6.29. The number of carbonyl (C=O) groups is 1. The molecule has 2 aliphatic rings. The SMILES string of the molecule is CC(C)n1cc(Cl)c(SN)n1.NC(=O)Nc1c2c(nc3c1CCC3)CCC2. The molecule has 2 aromatic heterocycles. The third kappa shape index (κ3) is 4.39. The van der Waals surface area contributed by atoms with Crippen LogP contribution in [0.5, 0.6) is 0 Å². The Balaban J connectivity index is 0.000000168. The van der Waals surface area contributed by atoms with E-state index in [-0.39, 0.29) is 0 Å². The first-order chi connectivity index (χ1) is 12.9. The lowest BCUT2D eigenvalue weighted by Gasteiger charge is -2.13. The number of primary amides is 1. The van der Waals surface area contributed by atoms with Crippen molar-refractivity contribution in [1.29, 1.82) is 0 Å². The Hall–Kier alpha value is -1.77. The summed E-state index contributed by atoms with van der Waals surface area (Å²) in [5, 5.41) is 13.6. The molecule has 7 nitrogen and oxygen atoms in total. The third-order valence-electron chi connectivity index (χ3n) is 4.80. The zero-order valence-electron chi connectivity index (χ0n) is 15.6. The molecule has 2 aliphatic carbocycles. The molecule has 0 atom stereocenters. The van der Waals surface area contributed by atoms with Crippen LogP contribution in [0.1, 0.15) is 55.2 Å². The number of pyridine rings is 1. The number of amides is 2. The molecule has 0 unspecified atom stereocenters. The van der Waals surface area contributed by atoms with E-state index in [0.29, 0.717) is 16.1 Å². The molecule has 0 aromatic carbocycles. The summed E-state index contributed by atoms with van der Waals surface area (Å²) in [4.78, 5) is 15.8. The highest BCUT2D eigenvalue weighted by Gasteiger charge is 2.25. The number of rotatable bonds is 3. The first kappa shape index (κ1) is 20.0. The van der Waals surface area contributed by atoms with Gasteiger partial charge in [0.1, 0.15) is 0 Å². The summed E-state index contributed by atoms with van der Waals surface area (Å²) < 4.78 is 1.79. The number of hydrogen-bond acceptors (Lipinski definition) is 5. The molecule has 5 N–H and O–H groups in total. The Labute approximate surface area is 168 Å². The smallest absolute Gasteiger partial charge is 0.316 e. The largest absolute Gasteiger partial charge is 0.351 e. The first-order valence-corrected chi connectivity index (χ1v) is 10.4. The van der Waals surface area contributed by atoms with Gasteiger partial charge in [0.2, 0.25) is 0 Å². The fourth-order valence-electron chi connectivity index (χ4n) is 3.56. The molecule has 4 rings (SSSR count). The summed E-state index contributed by atoms with van der Waals surface area (Å²) >= 11 is 6.87. The van der Waals surface area contributed by atoms with E-state index in [1.165, 1.54) is 22.5 Å². The lowest BCUT2D eigenvalue weighted by Crippen LogP contribution is -2.21. The van der Waals surface area contributed by atoms with E-state index in [1.807, 2.05) is 13.8 Å². The van der Waals surface area contributed by atoms with Gasteiger partial charge < -0.3 is 11.1 Å². The summed E-state index contributed by atoms with van der Waals surface area (Å²) in [6, 6.07) is -0.136. The van der Waals surface area contributed by atoms with E-state index < -0.39 is 6.03 Å². The summed E-state index contributed by atoms with van der Waals surface area (Å²) in [7, 11) is 0. The zero-order valence-corrected chi connectivity index (χ0v) is 17.2. The molecule has 2 aromatic rings. The van der Waals surface area contributed by atoms with Crippen LogP contribution in [0.25, 0.3) is 0 Å². The second kappa shape index (κ2) is 8.50. The standard InChI is InChI=1S/C12H15N3O.C6H10ClN3S/c13-12(16)15-11-7-3-1-5-9(7)14-10-6-2-4-8(10)11;1-4(2)10-3-5(7)6(9-10)11-8/h1-6H2,(H3,13,14,15,16);3-4H,8H2,1-2H3. The normalized spacial score (nSPS) is 14.6. The number of fused-ring (bicyclic) bond motifs is 2. The van der Waals surface area contributed by atoms with Gasteiger partial charge in [-0.1, -0.05) is 11.6 Å². The van der Waals surface area contributed by atoms with Crippen molar-refractivity contribution >= 4 is 35.3 Å². The maximum Gasteiger partial charge on any atom is 0.316 e. The average molecular weight is 409 g/mol. The van der Waals surface area contributed by atoms with Crippen molar-refractivity contribution in [1.82, 2.24) is 14.8 Å². The van der Waals surface area contributed by atoms with Gasteiger partial charge in [-0.25, -0.2) is 4.79 Å². The Morgan fingerprint density at radius 2 is 1.81 bits per heavy atom. The lowest BCUT2D eigenvalue weighted by molar-refractivity contribution is 0.259. The van der Waals surface area contributed by atoms with Crippen molar-refractivity contribution in [2.24, 2.45) is 10.9 Å². The van der Waals surface area contributed by atoms with Crippen molar-refractivity contribution < 1.29 is 4.79 Å². The van der Waals surface area contributed by atoms with Crippen LogP contribution in [-0.4, -0.2) is 20.8 Å². The number of nitrogens with one attached hydrogen (secondary N) is 1. The molecule has 0 radical (unpaired) electrons. The number of carbonyl (C=O) groups excluding carboxylic acids is 1. The van der Waals surface area contributed by atoms with Crippen LogP contribution in [0.15, 0.2) is 11.2 Å². The molecule has 27 heavy (non-hydrogen) atoms. The minimum absolute atomic E-state index is 0.327. The lowest BCUT2D eigenvalue weighted by atomic mass is 10.1. The number of anilines is 1. The molecule has 2 amide bonds. The van der Waals surface area contributed by atoms with Crippen molar-refractivity contribution in [3.8, 4) is 0 Å². The minimum atomic E-state index is -0.464. The summed E-state index contributed by atoms with van der Waals surface area (Å²) in [5.41, 5.74) is 11.0. The molecule has 0 saturated heterocycles. The number of nitrogens with two attached hydrogens (primary N) is 2. The molecule has 0 bridgehead atoms. The van der Waals surface area contributed by atoms with Crippen LogP contribution in [-0.2, 0) is 25.7 Å². The summed E-state index contributed by atoms with van der Waals surface area (Å²) in [6.07, 6.45) is 8.17. The maximum absolute atomic E-state index is 11.1. The van der Waals surface area contributed by atoms with Gasteiger partial charge in [-0.05, 0) is 75.4 Å². The number of aromatic nitrogens is 3. The van der Waals surface area contributed by atoms with Gasteiger partial charge in [-0.3, -0.25) is 14.8 Å². The van der Waals surface area contributed by atoms with Gasteiger partial charge in [0.05, 0.1) is 10.7 Å². The summed E-state index contributed by atoms with van der Waals surface area (Å²) in [6.45, 7) is 4.07. The number of hydrogen-bond donors (Lipinski definition) is 3. The number of urea groups is 1. The van der Waals surface area contributed by atoms with Crippen LogP contribution in [0.4, 0.5) is 10.5 Å². The molecule has 2 heterocycles. The van der Waals surface area contributed by atoms with Crippen LogP contribution in [0.2, 0.25) is 5.02 Å². The van der Waals surface area contributed by atoms with Crippen LogP contribution in [0.3, 0.4) is 0 Å². The highest BCUT2D eigenvalue weighted by Crippen LogP contribution is 2.36. The topological polar surface area (TPSA) is 112 Å². The van der Waals surface area contributed by atoms with E-state index in [4.69, 9.17) is 27.5 Å². The van der Waals surface area contributed by atoms with Crippen molar-refractivity contribution in [3.05, 3.63) is 33.7 Å². The molecule has 0 aliphatic heterocycles. The summed E-state index contributed by atoms with van der Waals surface area (Å²) in [5.74, 6) is 0. The molecular formula is C18H25ClN6OS. The van der Waals surface area contributed by atoms with Gasteiger partial charge in [-0.2, -0.15) is 5.10 Å². The van der Waals surface area contributed by atoms with Gasteiger partial charge >= 0.3 is 6.03 Å². The second-order valence-electron chi connectivity index (χ2n) is 7.01. The molecule has 0 fully saturated rings. The molecule has 9 heteroatoms. The van der Waals surface area contributed by atoms with Gasteiger partial charge in [0.25, 0.3) is 0 Å². The minimum Gasteiger partial charge on any atom is -0.351 e. The Morgan fingerprint density at radius 1 is 1.22 bits per heavy atom.